The lowest BCUT2D eigenvalue weighted by Gasteiger charge is -2.07. The molecule has 0 saturated carbocycles. The van der Waals surface area contributed by atoms with E-state index in [2.05, 4.69) is 4.74 Å². The third kappa shape index (κ3) is 1.23. The average Bonchev–Trinajstić information content (AvgIpc) is 2.62. The number of pyridine rings is 1. The molecule has 1 aliphatic rings. The van der Waals surface area contributed by atoms with Crippen molar-refractivity contribution in [1.82, 2.24) is 0 Å². The molecule has 74 valence electrons. The Kier molecular flexibility index (Phi) is 2.11. The summed E-state index contributed by atoms with van der Waals surface area (Å²) in [5.74, 6) is -0.508. The fraction of sp³-hybridized carbons (Fsp3) is 0.400. The summed E-state index contributed by atoms with van der Waals surface area (Å²) >= 11 is 0. The number of fused-ring (bicyclic) bond motifs is 1. The summed E-state index contributed by atoms with van der Waals surface area (Å²) in [6.45, 7) is 0. The van der Waals surface area contributed by atoms with E-state index in [9.17, 15) is 10.0 Å². The fourth-order valence-corrected chi connectivity index (χ4v) is 1.93. The second kappa shape index (κ2) is 3.29. The first-order valence-corrected chi connectivity index (χ1v) is 4.53. The summed E-state index contributed by atoms with van der Waals surface area (Å²) in [7, 11) is 1.37. The van der Waals surface area contributed by atoms with Crippen LogP contribution in [0.25, 0.3) is 0 Å². The lowest BCUT2D eigenvalue weighted by Crippen LogP contribution is -2.31. The van der Waals surface area contributed by atoms with Gasteiger partial charge in [-0.1, -0.05) is 0 Å². The van der Waals surface area contributed by atoms with Crippen LogP contribution in [0.5, 0.6) is 0 Å². The van der Waals surface area contributed by atoms with Crippen molar-refractivity contribution >= 4 is 5.97 Å². The van der Waals surface area contributed by atoms with E-state index in [1.54, 1.807) is 6.07 Å². The van der Waals surface area contributed by atoms with Gasteiger partial charge in [0.15, 0.2) is 11.9 Å². The second-order valence-electron chi connectivity index (χ2n) is 3.35. The molecule has 0 saturated heterocycles. The zero-order valence-corrected chi connectivity index (χ0v) is 7.90. The Balaban J connectivity index is 2.40. The standard InChI is InChI=1S/C10H11NO3/c1-14-10(12)8-4-5-9-7(8)3-2-6-11(9)13/h2-3,6,8H,4-5H2,1H3/t8-/m1/s1. The van der Waals surface area contributed by atoms with Crippen LogP contribution < -0.4 is 4.73 Å². The number of carbonyl (C=O) groups is 1. The topological polar surface area (TPSA) is 53.2 Å². The molecule has 4 heteroatoms. The summed E-state index contributed by atoms with van der Waals surface area (Å²) in [6, 6.07) is 3.48. The molecule has 0 bridgehead atoms. The summed E-state index contributed by atoms with van der Waals surface area (Å²) in [5.41, 5.74) is 1.51. The molecule has 14 heavy (non-hydrogen) atoms. The SMILES string of the molecule is COC(=O)[C@@H]1CCc2c1ccc[n+]2[O-]. The van der Waals surface area contributed by atoms with Crippen LogP contribution in [-0.4, -0.2) is 13.1 Å². The number of carbonyl (C=O) groups excluding carboxylic acids is 1. The highest BCUT2D eigenvalue weighted by molar-refractivity contribution is 5.79. The molecule has 1 heterocycles. The number of methoxy groups -OCH3 is 1. The number of hydrogen-bond donors (Lipinski definition) is 0. The fourth-order valence-electron chi connectivity index (χ4n) is 1.93. The van der Waals surface area contributed by atoms with Crippen LogP contribution in [0.3, 0.4) is 0 Å². The minimum atomic E-state index is -0.255. The molecule has 0 N–H and O–H groups in total. The molecule has 1 aliphatic carbocycles. The summed E-state index contributed by atoms with van der Waals surface area (Å²) < 4.78 is 5.51. The maximum absolute atomic E-state index is 11.4. The van der Waals surface area contributed by atoms with Gasteiger partial charge in [-0.25, -0.2) is 0 Å². The zero-order chi connectivity index (χ0) is 10.1. The van der Waals surface area contributed by atoms with Gasteiger partial charge in [-0.2, -0.15) is 4.73 Å². The number of ether oxygens (including phenoxy) is 1. The molecule has 0 radical (unpaired) electrons. The molecule has 2 rings (SSSR count). The van der Waals surface area contributed by atoms with Gasteiger partial charge < -0.3 is 9.94 Å². The van der Waals surface area contributed by atoms with E-state index in [-0.39, 0.29) is 11.9 Å². The van der Waals surface area contributed by atoms with Crippen molar-refractivity contribution in [3.63, 3.8) is 0 Å². The minimum absolute atomic E-state index is 0.253. The predicted molar refractivity (Wildman–Crippen MR) is 48.5 cm³/mol. The number of esters is 1. The van der Waals surface area contributed by atoms with Crippen LogP contribution in [0.1, 0.15) is 23.6 Å². The Bertz CT molecular complexity index is 376. The first kappa shape index (κ1) is 8.99. The van der Waals surface area contributed by atoms with Gasteiger partial charge >= 0.3 is 5.97 Å². The van der Waals surface area contributed by atoms with Gasteiger partial charge in [0, 0.05) is 18.1 Å². The maximum Gasteiger partial charge on any atom is 0.313 e. The highest BCUT2D eigenvalue weighted by Crippen LogP contribution is 2.31. The predicted octanol–water partition coefficient (Wildman–Crippen LogP) is 0.523. The molecule has 1 aromatic rings. The number of hydrogen-bond acceptors (Lipinski definition) is 3. The Morgan fingerprint density at radius 3 is 3.21 bits per heavy atom. The third-order valence-corrected chi connectivity index (χ3v) is 2.63. The van der Waals surface area contributed by atoms with Crippen LogP contribution in [0.15, 0.2) is 18.3 Å². The van der Waals surface area contributed by atoms with Crippen molar-refractivity contribution in [2.45, 2.75) is 18.8 Å². The highest BCUT2D eigenvalue weighted by Gasteiger charge is 2.34. The molecule has 0 aliphatic heterocycles. The molecule has 4 nitrogen and oxygen atoms in total. The second-order valence-corrected chi connectivity index (χ2v) is 3.35. The molecular formula is C10H11NO3. The van der Waals surface area contributed by atoms with Gasteiger partial charge in [-0.05, 0) is 12.5 Å². The maximum atomic E-state index is 11.4. The average molecular weight is 193 g/mol. The van der Waals surface area contributed by atoms with Crippen molar-refractivity contribution < 1.29 is 14.3 Å². The number of aromatic nitrogens is 1. The number of rotatable bonds is 1. The first-order chi connectivity index (χ1) is 6.74. The quantitative estimate of drug-likeness (QED) is 0.371. The van der Waals surface area contributed by atoms with Gasteiger partial charge in [0.25, 0.3) is 0 Å². The van der Waals surface area contributed by atoms with Crippen LogP contribution in [0.4, 0.5) is 0 Å². The Morgan fingerprint density at radius 2 is 2.50 bits per heavy atom. The van der Waals surface area contributed by atoms with Gasteiger partial charge in [0.2, 0.25) is 0 Å². The van der Waals surface area contributed by atoms with Crippen molar-refractivity contribution in [3.05, 3.63) is 34.8 Å². The van der Waals surface area contributed by atoms with Crippen LogP contribution in [0.2, 0.25) is 0 Å². The van der Waals surface area contributed by atoms with E-state index in [1.807, 2.05) is 6.07 Å². The van der Waals surface area contributed by atoms with E-state index < -0.39 is 0 Å². The number of nitrogens with zero attached hydrogens (tertiary/aromatic N) is 1. The van der Waals surface area contributed by atoms with Gasteiger partial charge in [0.05, 0.1) is 13.0 Å². The molecule has 1 aromatic heterocycles. The van der Waals surface area contributed by atoms with E-state index in [1.165, 1.54) is 13.3 Å². The highest BCUT2D eigenvalue weighted by atomic mass is 16.5. The smallest absolute Gasteiger partial charge is 0.313 e. The van der Waals surface area contributed by atoms with E-state index in [0.29, 0.717) is 18.5 Å². The van der Waals surface area contributed by atoms with Crippen molar-refractivity contribution in [2.24, 2.45) is 0 Å². The lowest BCUT2D eigenvalue weighted by molar-refractivity contribution is -0.613. The van der Waals surface area contributed by atoms with Gasteiger partial charge in [-0.3, -0.25) is 4.79 Å². The largest absolute Gasteiger partial charge is 0.618 e. The monoisotopic (exact) mass is 193 g/mol. The molecular weight excluding hydrogens is 182 g/mol. The molecule has 0 aromatic carbocycles. The van der Waals surface area contributed by atoms with E-state index >= 15 is 0 Å². The van der Waals surface area contributed by atoms with Crippen molar-refractivity contribution in [3.8, 4) is 0 Å². The third-order valence-electron chi connectivity index (χ3n) is 2.63. The first-order valence-electron chi connectivity index (χ1n) is 4.53. The van der Waals surface area contributed by atoms with E-state index in [4.69, 9.17) is 0 Å². The molecule has 0 fully saturated rings. The molecule has 0 spiro atoms. The summed E-state index contributed by atoms with van der Waals surface area (Å²) in [5, 5.41) is 11.3. The Morgan fingerprint density at radius 1 is 1.71 bits per heavy atom. The molecule has 0 amide bonds. The van der Waals surface area contributed by atoms with Crippen LogP contribution >= 0.6 is 0 Å². The molecule has 1 atom stereocenters. The van der Waals surface area contributed by atoms with E-state index in [0.717, 1.165) is 10.3 Å². The zero-order valence-electron chi connectivity index (χ0n) is 7.90. The lowest BCUT2D eigenvalue weighted by atomic mass is 10.0. The minimum Gasteiger partial charge on any atom is -0.618 e. The summed E-state index contributed by atoms with van der Waals surface area (Å²) in [6.07, 6.45) is 2.78. The van der Waals surface area contributed by atoms with Crippen molar-refractivity contribution in [1.29, 1.82) is 0 Å². The Hall–Kier alpha value is -1.58. The van der Waals surface area contributed by atoms with Crippen molar-refractivity contribution in [2.75, 3.05) is 7.11 Å². The molecule has 0 unspecified atom stereocenters. The van der Waals surface area contributed by atoms with Crippen LogP contribution in [0, 0.1) is 5.21 Å². The summed E-state index contributed by atoms with van der Waals surface area (Å²) in [4.78, 5) is 11.4. The van der Waals surface area contributed by atoms with Gasteiger partial charge in [0.1, 0.15) is 0 Å². The normalized spacial score (nSPS) is 19.1. The van der Waals surface area contributed by atoms with Gasteiger partial charge in [-0.15, -0.1) is 0 Å². The Labute approximate surface area is 81.7 Å². The van der Waals surface area contributed by atoms with Crippen LogP contribution in [-0.2, 0) is 16.0 Å².